The Morgan fingerprint density at radius 3 is 2.18 bits per heavy atom. The number of hydrogen-bond acceptors (Lipinski definition) is 5. The molecule has 0 spiro atoms. The average Bonchev–Trinajstić information content (AvgIpc) is 2.74. The van der Waals surface area contributed by atoms with Crippen molar-refractivity contribution in [1.82, 2.24) is 10.6 Å². The number of urea groups is 1. The zero-order valence-electron chi connectivity index (χ0n) is 15.5. The van der Waals surface area contributed by atoms with Crippen LogP contribution in [0.25, 0.3) is 0 Å². The quantitative estimate of drug-likeness (QED) is 0.540. The van der Waals surface area contributed by atoms with Gasteiger partial charge in [0.25, 0.3) is 0 Å². The molecule has 7 nitrogen and oxygen atoms in total. The van der Waals surface area contributed by atoms with Gasteiger partial charge in [0, 0.05) is 18.7 Å². The van der Waals surface area contributed by atoms with E-state index in [1.165, 1.54) is 7.11 Å². The number of nitrogens with one attached hydrogen (secondary N) is 2. The van der Waals surface area contributed by atoms with Crippen LogP contribution in [0.2, 0.25) is 0 Å². The molecular formula is C21H22N2O5. The lowest BCUT2D eigenvalue weighted by atomic mass is 10.1. The molecule has 0 saturated heterocycles. The molecule has 1 atom stereocenters. The maximum atomic E-state index is 12.3. The molecule has 2 aromatic rings. The van der Waals surface area contributed by atoms with Gasteiger partial charge in [-0.2, -0.15) is 0 Å². The predicted octanol–water partition coefficient (Wildman–Crippen LogP) is 2.50. The number of methoxy groups -OCH3 is 1. The van der Waals surface area contributed by atoms with E-state index in [-0.39, 0.29) is 12.6 Å². The molecule has 2 aromatic carbocycles. The van der Waals surface area contributed by atoms with Crippen molar-refractivity contribution in [1.29, 1.82) is 0 Å². The fraction of sp³-hybridized carbons (Fsp3) is 0.190. The Morgan fingerprint density at radius 1 is 0.929 bits per heavy atom. The van der Waals surface area contributed by atoms with E-state index in [9.17, 15) is 14.4 Å². The Hall–Kier alpha value is -3.61. The smallest absolute Gasteiger partial charge is 0.331 e. The van der Waals surface area contributed by atoms with Gasteiger partial charge in [-0.1, -0.05) is 60.7 Å². The predicted molar refractivity (Wildman–Crippen MR) is 103 cm³/mol. The Labute approximate surface area is 163 Å². The average molecular weight is 382 g/mol. The van der Waals surface area contributed by atoms with Crippen LogP contribution in [0.5, 0.6) is 0 Å². The first-order valence-corrected chi connectivity index (χ1v) is 8.64. The molecular weight excluding hydrogens is 360 g/mol. The lowest BCUT2D eigenvalue weighted by Crippen LogP contribution is -2.39. The maximum Gasteiger partial charge on any atom is 0.331 e. The zero-order valence-corrected chi connectivity index (χ0v) is 15.5. The van der Waals surface area contributed by atoms with Crippen molar-refractivity contribution in [3.63, 3.8) is 0 Å². The van der Waals surface area contributed by atoms with E-state index in [4.69, 9.17) is 4.74 Å². The molecule has 0 aliphatic heterocycles. The normalized spacial score (nSPS) is 11.5. The molecule has 7 heteroatoms. The van der Waals surface area contributed by atoms with Crippen molar-refractivity contribution >= 4 is 18.0 Å². The molecule has 0 heterocycles. The Bertz CT molecular complexity index is 806. The number of ether oxygens (including phenoxy) is 2. The monoisotopic (exact) mass is 382 g/mol. The van der Waals surface area contributed by atoms with Gasteiger partial charge in [-0.25, -0.2) is 14.4 Å². The Balaban J connectivity index is 1.94. The van der Waals surface area contributed by atoms with Crippen molar-refractivity contribution in [2.24, 2.45) is 0 Å². The molecule has 0 fully saturated rings. The van der Waals surface area contributed by atoms with Crippen LogP contribution in [0.3, 0.4) is 0 Å². The second kappa shape index (κ2) is 11.2. The van der Waals surface area contributed by atoms with E-state index in [1.54, 1.807) is 0 Å². The van der Waals surface area contributed by atoms with Crippen molar-refractivity contribution in [2.45, 2.75) is 12.6 Å². The summed E-state index contributed by atoms with van der Waals surface area (Å²) in [5, 5.41) is 5.56. The lowest BCUT2D eigenvalue weighted by Gasteiger charge is -2.19. The van der Waals surface area contributed by atoms with E-state index >= 15 is 0 Å². The van der Waals surface area contributed by atoms with Gasteiger partial charge in [-0.3, -0.25) is 0 Å². The summed E-state index contributed by atoms with van der Waals surface area (Å²) in [7, 11) is 1.21. The summed E-state index contributed by atoms with van der Waals surface area (Å²) in [4.78, 5) is 35.0. The van der Waals surface area contributed by atoms with Gasteiger partial charge in [0.15, 0.2) is 0 Å². The topological polar surface area (TPSA) is 93.7 Å². The third-order valence-corrected chi connectivity index (χ3v) is 3.75. The number of carbonyl (C=O) groups excluding carboxylic acids is 3. The number of esters is 2. The van der Waals surface area contributed by atoms with Crippen LogP contribution in [0.4, 0.5) is 4.79 Å². The molecule has 28 heavy (non-hydrogen) atoms. The van der Waals surface area contributed by atoms with Gasteiger partial charge in [-0.15, -0.1) is 0 Å². The van der Waals surface area contributed by atoms with Crippen molar-refractivity contribution in [2.75, 3.05) is 13.7 Å². The van der Waals surface area contributed by atoms with E-state index in [0.29, 0.717) is 6.54 Å². The summed E-state index contributed by atoms with van der Waals surface area (Å²) in [6, 6.07) is 17.7. The van der Waals surface area contributed by atoms with Crippen LogP contribution in [-0.2, 0) is 25.6 Å². The SMILES string of the molecule is COC(=O)/C=C/C(=O)OC[C@@H](NC(=O)NCc1ccccc1)c1ccccc1. The number of carbonyl (C=O) groups is 3. The largest absolute Gasteiger partial charge is 0.466 e. The molecule has 0 aliphatic carbocycles. The summed E-state index contributed by atoms with van der Waals surface area (Å²) >= 11 is 0. The molecule has 0 bridgehead atoms. The second-order valence-corrected chi connectivity index (χ2v) is 5.76. The first-order chi connectivity index (χ1) is 13.6. The van der Waals surface area contributed by atoms with Crippen molar-refractivity contribution < 1.29 is 23.9 Å². The number of amides is 2. The summed E-state index contributed by atoms with van der Waals surface area (Å²) in [5.74, 6) is -1.37. The van der Waals surface area contributed by atoms with Crippen molar-refractivity contribution in [3.8, 4) is 0 Å². The highest BCUT2D eigenvalue weighted by atomic mass is 16.5. The zero-order chi connectivity index (χ0) is 20.2. The summed E-state index contributed by atoms with van der Waals surface area (Å²) < 4.78 is 9.55. The van der Waals surface area contributed by atoms with E-state index in [1.807, 2.05) is 60.7 Å². The van der Waals surface area contributed by atoms with Gasteiger partial charge >= 0.3 is 18.0 Å². The molecule has 0 radical (unpaired) electrons. The van der Waals surface area contributed by atoms with Gasteiger partial charge in [0.2, 0.25) is 0 Å². The third-order valence-electron chi connectivity index (χ3n) is 3.75. The minimum absolute atomic E-state index is 0.0902. The minimum Gasteiger partial charge on any atom is -0.466 e. The molecule has 0 saturated carbocycles. The molecule has 2 amide bonds. The fourth-order valence-corrected chi connectivity index (χ4v) is 2.31. The molecule has 2 rings (SSSR count). The van der Waals surface area contributed by atoms with Crippen molar-refractivity contribution in [3.05, 3.63) is 83.9 Å². The van der Waals surface area contributed by atoms with Crippen LogP contribution in [0.15, 0.2) is 72.8 Å². The molecule has 0 unspecified atom stereocenters. The highest BCUT2D eigenvalue weighted by molar-refractivity contribution is 5.91. The van der Waals surface area contributed by atoms with Crippen LogP contribution in [-0.4, -0.2) is 31.7 Å². The van der Waals surface area contributed by atoms with Gasteiger partial charge in [0.05, 0.1) is 13.2 Å². The Kier molecular flexibility index (Phi) is 8.26. The first kappa shape index (κ1) is 20.7. The number of rotatable bonds is 8. The van der Waals surface area contributed by atoms with Gasteiger partial charge in [0.1, 0.15) is 6.61 Å². The van der Waals surface area contributed by atoms with Crippen LogP contribution in [0, 0.1) is 0 Å². The summed E-state index contributed by atoms with van der Waals surface area (Å²) in [5.41, 5.74) is 1.75. The lowest BCUT2D eigenvalue weighted by molar-refractivity contribution is -0.139. The van der Waals surface area contributed by atoms with Crippen LogP contribution in [0.1, 0.15) is 17.2 Å². The van der Waals surface area contributed by atoms with E-state index < -0.39 is 18.0 Å². The number of benzene rings is 2. The first-order valence-electron chi connectivity index (χ1n) is 8.64. The van der Waals surface area contributed by atoms with Crippen LogP contribution >= 0.6 is 0 Å². The highest BCUT2D eigenvalue weighted by Crippen LogP contribution is 2.13. The van der Waals surface area contributed by atoms with E-state index in [2.05, 4.69) is 15.4 Å². The third kappa shape index (κ3) is 7.33. The minimum atomic E-state index is -0.710. The van der Waals surface area contributed by atoms with E-state index in [0.717, 1.165) is 23.3 Å². The molecule has 0 aromatic heterocycles. The van der Waals surface area contributed by atoms with Crippen LogP contribution < -0.4 is 10.6 Å². The maximum absolute atomic E-state index is 12.3. The summed E-state index contributed by atoms with van der Waals surface area (Å²) in [6.07, 6.45) is 1.95. The van der Waals surface area contributed by atoms with Gasteiger partial charge in [-0.05, 0) is 11.1 Å². The number of hydrogen-bond donors (Lipinski definition) is 2. The second-order valence-electron chi connectivity index (χ2n) is 5.76. The molecule has 2 N–H and O–H groups in total. The molecule has 146 valence electrons. The standard InChI is InChI=1S/C21H22N2O5/c1-27-19(24)12-13-20(25)28-15-18(17-10-6-3-7-11-17)23-21(26)22-14-16-8-4-2-5-9-16/h2-13,18H,14-15H2,1H3,(H2,22,23,26)/b13-12+/t18-/m1/s1. The molecule has 0 aliphatic rings. The Morgan fingerprint density at radius 2 is 1.54 bits per heavy atom. The van der Waals surface area contributed by atoms with Gasteiger partial charge < -0.3 is 20.1 Å². The highest BCUT2D eigenvalue weighted by Gasteiger charge is 2.16. The summed E-state index contributed by atoms with van der Waals surface area (Å²) in [6.45, 7) is 0.281. The fourth-order valence-electron chi connectivity index (χ4n) is 2.31.